The van der Waals surface area contributed by atoms with E-state index in [1.807, 2.05) is 43.3 Å². The molecular formula is C27H27ClN2O2. The lowest BCUT2D eigenvalue weighted by atomic mass is 10.1. The minimum absolute atomic E-state index is 0.133. The predicted molar refractivity (Wildman–Crippen MR) is 132 cm³/mol. The lowest BCUT2D eigenvalue weighted by molar-refractivity contribution is -0.113. The van der Waals surface area contributed by atoms with E-state index in [2.05, 4.69) is 17.6 Å². The molecule has 0 fully saturated rings. The van der Waals surface area contributed by atoms with Gasteiger partial charge in [0.1, 0.15) is 5.70 Å². The van der Waals surface area contributed by atoms with Gasteiger partial charge < -0.3 is 10.6 Å². The van der Waals surface area contributed by atoms with Crippen LogP contribution in [0.25, 0.3) is 6.08 Å². The minimum Gasteiger partial charge on any atom is -0.319 e. The van der Waals surface area contributed by atoms with Gasteiger partial charge in [0, 0.05) is 5.56 Å². The van der Waals surface area contributed by atoms with Crippen LogP contribution in [0.1, 0.15) is 46.8 Å². The first-order valence-electron chi connectivity index (χ1n) is 10.7. The van der Waals surface area contributed by atoms with Gasteiger partial charge in [0.05, 0.1) is 10.7 Å². The summed E-state index contributed by atoms with van der Waals surface area (Å²) in [4.78, 5) is 25.9. The number of amides is 2. The molecular weight excluding hydrogens is 420 g/mol. The summed E-state index contributed by atoms with van der Waals surface area (Å²) in [7, 11) is 0. The highest BCUT2D eigenvalue weighted by molar-refractivity contribution is 6.34. The second-order valence-electron chi connectivity index (χ2n) is 7.66. The molecule has 4 nitrogen and oxygen atoms in total. The highest BCUT2D eigenvalue weighted by atomic mass is 35.5. The molecule has 0 spiro atoms. The van der Waals surface area contributed by atoms with Crippen LogP contribution >= 0.6 is 11.6 Å². The van der Waals surface area contributed by atoms with Gasteiger partial charge in [0.15, 0.2) is 0 Å². The molecule has 0 aliphatic rings. The number of anilines is 1. The molecule has 0 aromatic heterocycles. The van der Waals surface area contributed by atoms with Gasteiger partial charge in [-0.2, -0.15) is 0 Å². The van der Waals surface area contributed by atoms with Crippen molar-refractivity contribution in [3.63, 3.8) is 0 Å². The van der Waals surface area contributed by atoms with Crippen molar-refractivity contribution >= 4 is 35.2 Å². The van der Waals surface area contributed by atoms with Crippen LogP contribution in [-0.2, 0) is 11.2 Å². The van der Waals surface area contributed by atoms with Crippen molar-refractivity contribution in [2.75, 3.05) is 5.32 Å². The molecule has 3 aromatic carbocycles. The van der Waals surface area contributed by atoms with Gasteiger partial charge in [-0.15, -0.1) is 0 Å². The van der Waals surface area contributed by atoms with E-state index < -0.39 is 5.91 Å². The van der Waals surface area contributed by atoms with Crippen LogP contribution < -0.4 is 10.6 Å². The van der Waals surface area contributed by atoms with Crippen LogP contribution in [0.3, 0.4) is 0 Å². The number of rotatable bonds is 8. The van der Waals surface area contributed by atoms with E-state index >= 15 is 0 Å². The van der Waals surface area contributed by atoms with Crippen molar-refractivity contribution in [1.82, 2.24) is 5.32 Å². The Morgan fingerprint density at radius 2 is 1.62 bits per heavy atom. The molecule has 2 amide bonds. The number of para-hydroxylation sites is 1. The fraction of sp³-hybridized carbons (Fsp3) is 0.185. The molecule has 0 aliphatic carbocycles. The van der Waals surface area contributed by atoms with E-state index in [0.29, 0.717) is 16.3 Å². The third kappa shape index (κ3) is 6.56. The van der Waals surface area contributed by atoms with Gasteiger partial charge in [-0.1, -0.05) is 79.0 Å². The number of hydrogen-bond donors (Lipinski definition) is 2. The number of benzene rings is 3. The Morgan fingerprint density at radius 1 is 0.938 bits per heavy atom. The number of unbranched alkanes of at least 4 members (excludes halogenated alkanes) is 1. The molecule has 5 heteroatoms. The topological polar surface area (TPSA) is 58.2 Å². The van der Waals surface area contributed by atoms with E-state index in [1.165, 1.54) is 5.56 Å². The van der Waals surface area contributed by atoms with Gasteiger partial charge in [0.2, 0.25) is 0 Å². The molecule has 0 saturated carbocycles. The predicted octanol–water partition coefficient (Wildman–Crippen LogP) is 6.40. The number of aryl methyl sites for hydroxylation is 2. The molecule has 0 bridgehead atoms. The molecule has 0 aliphatic heterocycles. The van der Waals surface area contributed by atoms with Crippen molar-refractivity contribution < 1.29 is 9.59 Å². The largest absolute Gasteiger partial charge is 0.319 e. The van der Waals surface area contributed by atoms with E-state index in [4.69, 9.17) is 11.6 Å². The molecule has 3 aromatic rings. The van der Waals surface area contributed by atoms with Crippen molar-refractivity contribution in [3.05, 3.63) is 106 Å². The van der Waals surface area contributed by atoms with Gasteiger partial charge >= 0.3 is 0 Å². The average Bonchev–Trinajstić information content (AvgIpc) is 2.80. The van der Waals surface area contributed by atoms with Gasteiger partial charge in [0.25, 0.3) is 11.8 Å². The van der Waals surface area contributed by atoms with Crippen molar-refractivity contribution in [3.8, 4) is 0 Å². The van der Waals surface area contributed by atoms with Crippen molar-refractivity contribution in [1.29, 1.82) is 0 Å². The van der Waals surface area contributed by atoms with E-state index in [0.717, 1.165) is 30.4 Å². The van der Waals surface area contributed by atoms with Crippen molar-refractivity contribution in [2.24, 2.45) is 0 Å². The summed E-state index contributed by atoms with van der Waals surface area (Å²) in [6.45, 7) is 4.14. The highest BCUT2D eigenvalue weighted by Crippen LogP contribution is 2.21. The Balaban J connectivity index is 1.83. The molecule has 2 N–H and O–H groups in total. The van der Waals surface area contributed by atoms with Crippen LogP contribution in [-0.4, -0.2) is 11.8 Å². The molecule has 3 rings (SSSR count). The summed E-state index contributed by atoms with van der Waals surface area (Å²) >= 11 is 6.18. The first-order chi connectivity index (χ1) is 15.5. The third-order valence-electron chi connectivity index (χ3n) is 5.04. The smallest absolute Gasteiger partial charge is 0.272 e. The monoisotopic (exact) mass is 446 g/mol. The third-order valence-corrected chi connectivity index (χ3v) is 5.37. The summed E-state index contributed by atoms with van der Waals surface area (Å²) in [6.07, 6.45) is 4.86. The van der Waals surface area contributed by atoms with E-state index in [1.54, 1.807) is 42.5 Å². The Morgan fingerprint density at radius 3 is 2.28 bits per heavy atom. The first-order valence-corrected chi connectivity index (χ1v) is 11.1. The van der Waals surface area contributed by atoms with Gasteiger partial charge in [-0.25, -0.2) is 0 Å². The zero-order valence-corrected chi connectivity index (χ0v) is 19.1. The maximum absolute atomic E-state index is 13.0. The maximum atomic E-state index is 13.0. The zero-order valence-electron chi connectivity index (χ0n) is 18.3. The Kier molecular flexibility index (Phi) is 8.23. The Hall–Kier alpha value is -3.37. The number of nitrogens with one attached hydrogen (secondary N) is 2. The summed E-state index contributed by atoms with van der Waals surface area (Å²) in [5, 5.41) is 5.96. The lowest BCUT2D eigenvalue weighted by Gasteiger charge is -2.12. The zero-order chi connectivity index (χ0) is 22.9. The van der Waals surface area contributed by atoms with E-state index in [-0.39, 0.29) is 11.6 Å². The second kappa shape index (κ2) is 11.3. The van der Waals surface area contributed by atoms with Gasteiger partial charge in [-0.05, 0) is 61.2 Å². The van der Waals surface area contributed by atoms with Gasteiger partial charge in [-0.3, -0.25) is 9.59 Å². The molecule has 0 radical (unpaired) electrons. The first kappa shape index (κ1) is 23.3. The van der Waals surface area contributed by atoms with Crippen LogP contribution in [0.5, 0.6) is 0 Å². The lowest BCUT2D eigenvalue weighted by Crippen LogP contribution is -2.30. The summed E-state index contributed by atoms with van der Waals surface area (Å²) in [5.74, 6) is -0.800. The van der Waals surface area contributed by atoms with Crippen LogP contribution in [0.4, 0.5) is 5.69 Å². The normalized spacial score (nSPS) is 11.2. The minimum atomic E-state index is -0.452. The molecule has 0 heterocycles. The number of carbonyl (C=O) groups excluding carboxylic acids is 2. The SMILES string of the molecule is CCCCc1ccc(C(=O)NC(=Cc2ccc(C)cc2)C(=O)Nc2ccccc2Cl)cc1. The number of hydrogen-bond acceptors (Lipinski definition) is 2. The molecule has 0 saturated heterocycles. The molecule has 32 heavy (non-hydrogen) atoms. The van der Waals surface area contributed by atoms with Crippen LogP contribution in [0.2, 0.25) is 5.02 Å². The number of carbonyl (C=O) groups is 2. The fourth-order valence-electron chi connectivity index (χ4n) is 3.14. The summed E-state index contributed by atoms with van der Waals surface area (Å²) in [6, 6.07) is 22.1. The standard InChI is InChI=1S/C27H27ClN2O2/c1-3-4-7-20-14-16-22(17-15-20)26(31)30-25(18-21-12-10-19(2)11-13-21)27(32)29-24-9-6-5-8-23(24)28/h5-6,8-18H,3-4,7H2,1-2H3,(H,29,32)(H,30,31). The fourth-order valence-corrected chi connectivity index (χ4v) is 3.32. The van der Waals surface area contributed by atoms with E-state index in [9.17, 15) is 9.59 Å². The highest BCUT2D eigenvalue weighted by Gasteiger charge is 2.16. The Labute approximate surface area is 194 Å². The quantitative estimate of drug-likeness (QED) is 0.393. The van der Waals surface area contributed by atoms with Crippen LogP contribution in [0.15, 0.2) is 78.5 Å². The summed E-state index contributed by atoms with van der Waals surface area (Å²) < 4.78 is 0. The maximum Gasteiger partial charge on any atom is 0.272 e. The molecule has 0 atom stereocenters. The summed E-state index contributed by atoms with van der Waals surface area (Å²) in [5.41, 5.74) is 4.20. The second-order valence-corrected chi connectivity index (χ2v) is 8.06. The average molecular weight is 447 g/mol. The molecule has 164 valence electrons. The van der Waals surface area contributed by atoms with Crippen LogP contribution in [0, 0.1) is 6.92 Å². The number of halogens is 1. The van der Waals surface area contributed by atoms with Crippen molar-refractivity contribution in [2.45, 2.75) is 33.1 Å². The molecule has 0 unspecified atom stereocenters. The Bertz CT molecular complexity index is 1100.